The van der Waals surface area contributed by atoms with E-state index in [4.69, 9.17) is 4.74 Å². The van der Waals surface area contributed by atoms with Crippen LogP contribution in [-0.4, -0.2) is 53.6 Å². The molecule has 0 aromatic carbocycles. The molecule has 96 valence electrons. The zero-order valence-electron chi connectivity index (χ0n) is 10.6. The molecule has 0 aliphatic carbocycles. The summed E-state index contributed by atoms with van der Waals surface area (Å²) in [6.45, 7) is 3.02. The Morgan fingerprint density at radius 2 is 2.33 bits per heavy atom. The van der Waals surface area contributed by atoms with Gasteiger partial charge < -0.3 is 15.0 Å². The first kappa shape index (κ1) is 11.4. The smallest absolute Gasteiger partial charge is 0.241 e. The van der Waals surface area contributed by atoms with Crippen LogP contribution in [0.2, 0.25) is 0 Å². The Labute approximate surface area is 105 Å². The van der Waals surface area contributed by atoms with E-state index in [-0.39, 0.29) is 0 Å². The van der Waals surface area contributed by atoms with E-state index in [0.717, 1.165) is 30.7 Å². The van der Waals surface area contributed by atoms with Gasteiger partial charge in [0, 0.05) is 31.4 Å². The van der Waals surface area contributed by atoms with Crippen molar-refractivity contribution in [2.24, 2.45) is 0 Å². The maximum absolute atomic E-state index is 5.24. The number of aromatic nitrogens is 3. The van der Waals surface area contributed by atoms with Crippen LogP contribution in [0.25, 0.3) is 11.0 Å². The van der Waals surface area contributed by atoms with Gasteiger partial charge in [0.2, 0.25) is 5.88 Å². The van der Waals surface area contributed by atoms with Crippen LogP contribution < -0.4 is 10.1 Å². The van der Waals surface area contributed by atoms with Crippen molar-refractivity contribution in [3.8, 4) is 5.88 Å². The molecule has 3 rings (SSSR count). The normalized spacial score (nSPS) is 21.3. The number of nitrogens with one attached hydrogen (secondary N) is 2. The Morgan fingerprint density at radius 3 is 3.11 bits per heavy atom. The zero-order chi connectivity index (χ0) is 12.5. The molecule has 0 bridgehead atoms. The number of piperazine rings is 1. The van der Waals surface area contributed by atoms with Crippen molar-refractivity contribution in [1.29, 1.82) is 0 Å². The summed E-state index contributed by atoms with van der Waals surface area (Å²) in [5.41, 5.74) is 3.01. The van der Waals surface area contributed by atoms with Gasteiger partial charge in [0.15, 0.2) is 0 Å². The molecular formula is C12H17N5O. The van der Waals surface area contributed by atoms with E-state index in [1.54, 1.807) is 13.4 Å². The second kappa shape index (κ2) is 4.55. The minimum absolute atomic E-state index is 0.340. The molecule has 0 amide bonds. The number of H-pyrrole nitrogens is 1. The Bertz CT molecular complexity index is 552. The fourth-order valence-electron chi connectivity index (χ4n) is 2.50. The van der Waals surface area contributed by atoms with Gasteiger partial charge in [-0.15, -0.1) is 0 Å². The molecule has 1 fully saturated rings. The molecule has 3 heterocycles. The van der Waals surface area contributed by atoms with Crippen LogP contribution >= 0.6 is 0 Å². The van der Waals surface area contributed by atoms with Crippen LogP contribution in [-0.2, 0) is 0 Å². The lowest BCUT2D eigenvalue weighted by Crippen LogP contribution is -2.43. The number of hydrogen-bond donors (Lipinski definition) is 2. The SMILES string of the molecule is COc1ncnc2c(C3CNCCN3C)c[nH]c12. The Morgan fingerprint density at radius 1 is 1.44 bits per heavy atom. The molecule has 2 aromatic heterocycles. The number of likely N-dealkylation sites (N-methyl/N-ethyl adjacent to an activating group) is 1. The van der Waals surface area contributed by atoms with Gasteiger partial charge in [-0.1, -0.05) is 0 Å². The van der Waals surface area contributed by atoms with Crippen LogP contribution in [0, 0.1) is 0 Å². The lowest BCUT2D eigenvalue weighted by Gasteiger charge is -2.32. The average molecular weight is 247 g/mol. The quantitative estimate of drug-likeness (QED) is 0.811. The highest BCUT2D eigenvalue weighted by Crippen LogP contribution is 2.29. The van der Waals surface area contributed by atoms with E-state index in [0.29, 0.717) is 11.9 Å². The van der Waals surface area contributed by atoms with Crippen LogP contribution in [0.4, 0.5) is 0 Å². The number of methoxy groups -OCH3 is 1. The van der Waals surface area contributed by atoms with E-state index in [1.165, 1.54) is 5.56 Å². The maximum atomic E-state index is 5.24. The Balaban J connectivity index is 2.07. The van der Waals surface area contributed by atoms with Crippen molar-refractivity contribution >= 4 is 11.0 Å². The van der Waals surface area contributed by atoms with Crippen LogP contribution in [0.15, 0.2) is 12.5 Å². The molecule has 0 spiro atoms. The molecule has 6 nitrogen and oxygen atoms in total. The molecule has 2 aromatic rings. The fourth-order valence-corrected chi connectivity index (χ4v) is 2.50. The summed E-state index contributed by atoms with van der Waals surface area (Å²) in [4.78, 5) is 14.1. The van der Waals surface area contributed by atoms with Gasteiger partial charge in [-0.2, -0.15) is 4.98 Å². The van der Waals surface area contributed by atoms with Gasteiger partial charge in [0.25, 0.3) is 0 Å². The molecular weight excluding hydrogens is 230 g/mol. The molecule has 1 aliphatic heterocycles. The largest absolute Gasteiger partial charge is 0.479 e. The second-order valence-corrected chi connectivity index (χ2v) is 4.55. The predicted molar refractivity (Wildman–Crippen MR) is 68.7 cm³/mol. The molecule has 0 radical (unpaired) electrons. The molecule has 1 aliphatic rings. The van der Waals surface area contributed by atoms with Crippen molar-refractivity contribution in [3.63, 3.8) is 0 Å². The second-order valence-electron chi connectivity index (χ2n) is 4.55. The van der Waals surface area contributed by atoms with Gasteiger partial charge in [0.1, 0.15) is 17.4 Å². The van der Waals surface area contributed by atoms with Crippen LogP contribution in [0.1, 0.15) is 11.6 Å². The molecule has 2 N–H and O–H groups in total. The minimum atomic E-state index is 0.340. The first-order valence-electron chi connectivity index (χ1n) is 6.08. The highest BCUT2D eigenvalue weighted by atomic mass is 16.5. The fraction of sp³-hybridized carbons (Fsp3) is 0.500. The summed E-state index contributed by atoms with van der Waals surface area (Å²) in [6, 6.07) is 0.340. The van der Waals surface area contributed by atoms with Gasteiger partial charge in [-0.05, 0) is 7.05 Å². The van der Waals surface area contributed by atoms with Gasteiger partial charge in [0.05, 0.1) is 13.2 Å². The zero-order valence-corrected chi connectivity index (χ0v) is 10.6. The monoisotopic (exact) mass is 247 g/mol. The van der Waals surface area contributed by atoms with Crippen molar-refractivity contribution in [1.82, 2.24) is 25.2 Å². The van der Waals surface area contributed by atoms with Crippen molar-refractivity contribution in [2.75, 3.05) is 33.8 Å². The van der Waals surface area contributed by atoms with E-state index in [1.807, 2.05) is 6.20 Å². The van der Waals surface area contributed by atoms with Gasteiger partial charge in [-0.25, -0.2) is 4.98 Å². The lowest BCUT2D eigenvalue weighted by atomic mass is 10.1. The number of nitrogens with zero attached hydrogens (tertiary/aromatic N) is 3. The van der Waals surface area contributed by atoms with Crippen molar-refractivity contribution < 1.29 is 4.74 Å². The van der Waals surface area contributed by atoms with Crippen molar-refractivity contribution in [3.05, 3.63) is 18.1 Å². The molecule has 0 saturated carbocycles. The third-order valence-electron chi connectivity index (χ3n) is 3.52. The summed E-state index contributed by atoms with van der Waals surface area (Å²) in [7, 11) is 3.76. The highest BCUT2D eigenvalue weighted by molar-refractivity contribution is 5.83. The Hall–Kier alpha value is -1.66. The van der Waals surface area contributed by atoms with Crippen molar-refractivity contribution in [2.45, 2.75) is 6.04 Å². The first-order chi connectivity index (χ1) is 8.81. The number of rotatable bonds is 2. The van der Waals surface area contributed by atoms with E-state index < -0.39 is 0 Å². The third kappa shape index (κ3) is 1.74. The maximum Gasteiger partial charge on any atom is 0.241 e. The number of fused-ring (bicyclic) bond motifs is 1. The van der Waals surface area contributed by atoms with Gasteiger partial charge >= 0.3 is 0 Å². The summed E-state index contributed by atoms with van der Waals surface area (Å²) in [5, 5.41) is 3.42. The molecule has 6 heteroatoms. The summed E-state index contributed by atoms with van der Waals surface area (Å²) in [5.74, 6) is 0.595. The molecule has 1 unspecified atom stereocenters. The first-order valence-corrected chi connectivity index (χ1v) is 6.08. The summed E-state index contributed by atoms with van der Waals surface area (Å²) < 4.78 is 5.24. The summed E-state index contributed by atoms with van der Waals surface area (Å²) >= 11 is 0. The molecule has 1 atom stereocenters. The average Bonchev–Trinajstić information content (AvgIpc) is 2.83. The van der Waals surface area contributed by atoms with Crippen LogP contribution in [0.3, 0.4) is 0 Å². The molecule has 18 heavy (non-hydrogen) atoms. The van der Waals surface area contributed by atoms with E-state index >= 15 is 0 Å². The number of ether oxygens (including phenoxy) is 1. The minimum Gasteiger partial charge on any atom is -0.479 e. The Kier molecular flexibility index (Phi) is 2.89. The van der Waals surface area contributed by atoms with Crippen LogP contribution in [0.5, 0.6) is 5.88 Å². The van der Waals surface area contributed by atoms with E-state index in [2.05, 4.69) is 32.2 Å². The summed E-state index contributed by atoms with van der Waals surface area (Å²) in [6.07, 6.45) is 3.56. The topological polar surface area (TPSA) is 66.1 Å². The lowest BCUT2D eigenvalue weighted by molar-refractivity contribution is 0.203. The predicted octanol–water partition coefficient (Wildman–Crippen LogP) is 0.543. The third-order valence-corrected chi connectivity index (χ3v) is 3.52. The van der Waals surface area contributed by atoms with Gasteiger partial charge in [-0.3, -0.25) is 4.90 Å². The van der Waals surface area contributed by atoms with E-state index in [9.17, 15) is 0 Å². The standard InChI is InChI=1S/C12H17N5O/c1-17-4-3-13-6-9(17)8-5-14-11-10(8)15-7-16-12(11)18-2/h5,7,9,13-14H,3-4,6H2,1-2H3. The molecule has 1 saturated heterocycles. The highest BCUT2D eigenvalue weighted by Gasteiger charge is 2.24. The number of hydrogen-bond acceptors (Lipinski definition) is 5. The number of aromatic amines is 1.